The summed E-state index contributed by atoms with van der Waals surface area (Å²) in [5.74, 6) is 0.845. The van der Waals surface area contributed by atoms with Crippen LogP contribution in [0.15, 0.2) is 35.7 Å². The summed E-state index contributed by atoms with van der Waals surface area (Å²) in [6.45, 7) is 0. The lowest BCUT2D eigenvalue weighted by Gasteiger charge is -2.09. The maximum Gasteiger partial charge on any atom is 0.129 e. The molecule has 0 aliphatic rings. The molecule has 2 rings (SSSR count). The molecule has 0 fully saturated rings. The zero-order valence-electron chi connectivity index (χ0n) is 8.81. The van der Waals surface area contributed by atoms with E-state index in [2.05, 4.69) is 0 Å². The van der Waals surface area contributed by atoms with E-state index < -0.39 is 0 Å². The average molecular weight is 254 g/mol. The summed E-state index contributed by atoms with van der Waals surface area (Å²) < 4.78 is 5.13. The van der Waals surface area contributed by atoms with E-state index in [1.54, 1.807) is 18.4 Å². The summed E-state index contributed by atoms with van der Waals surface area (Å²) in [6, 6.07) is 9.42. The number of methoxy groups -OCH3 is 1. The Morgan fingerprint density at radius 1 is 1.38 bits per heavy atom. The Balaban J connectivity index is 2.27. The van der Waals surface area contributed by atoms with Crippen LogP contribution < -0.4 is 10.5 Å². The first-order valence-corrected chi connectivity index (χ1v) is 6.10. The monoisotopic (exact) mass is 253 g/mol. The fraction of sp³-hybridized carbons (Fsp3) is 0.167. The number of halogens is 1. The first kappa shape index (κ1) is 11.5. The lowest BCUT2D eigenvalue weighted by molar-refractivity contribution is 0.416. The van der Waals surface area contributed by atoms with Crippen LogP contribution in [-0.4, -0.2) is 7.11 Å². The SMILES string of the molecule is COc1csc(C(N)c2cccc(Cl)c2)c1. The van der Waals surface area contributed by atoms with E-state index in [9.17, 15) is 0 Å². The van der Waals surface area contributed by atoms with Gasteiger partial charge in [0.25, 0.3) is 0 Å². The molecule has 84 valence electrons. The molecular formula is C12H12ClNOS. The van der Waals surface area contributed by atoms with Crippen LogP contribution in [0.5, 0.6) is 5.75 Å². The molecule has 1 unspecified atom stereocenters. The molecule has 1 aromatic carbocycles. The van der Waals surface area contributed by atoms with Gasteiger partial charge in [0, 0.05) is 15.3 Å². The van der Waals surface area contributed by atoms with E-state index in [0.29, 0.717) is 5.02 Å². The highest BCUT2D eigenvalue weighted by atomic mass is 35.5. The topological polar surface area (TPSA) is 35.2 Å². The van der Waals surface area contributed by atoms with Crippen molar-refractivity contribution in [2.24, 2.45) is 5.73 Å². The van der Waals surface area contributed by atoms with Gasteiger partial charge in [-0.25, -0.2) is 0 Å². The standard InChI is InChI=1S/C12H12ClNOS/c1-15-10-6-11(16-7-10)12(14)8-3-2-4-9(13)5-8/h2-7,12H,14H2,1H3. The molecule has 16 heavy (non-hydrogen) atoms. The number of thiophene rings is 1. The summed E-state index contributed by atoms with van der Waals surface area (Å²) in [4.78, 5) is 1.07. The second-order valence-electron chi connectivity index (χ2n) is 3.42. The summed E-state index contributed by atoms with van der Waals surface area (Å²) in [5, 5.41) is 2.65. The molecule has 2 aromatic rings. The third-order valence-corrected chi connectivity index (χ3v) is 3.57. The van der Waals surface area contributed by atoms with E-state index in [1.165, 1.54) is 0 Å². The van der Waals surface area contributed by atoms with Crippen LogP contribution >= 0.6 is 22.9 Å². The minimum Gasteiger partial charge on any atom is -0.496 e. The van der Waals surface area contributed by atoms with Crippen LogP contribution in [0, 0.1) is 0 Å². The van der Waals surface area contributed by atoms with Gasteiger partial charge in [0.15, 0.2) is 0 Å². The summed E-state index contributed by atoms with van der Waals surface area (Å²) in [7, 11) is 1.65. The molecule has 0 saturated heterocycles. The largest absolute Gasteiger partial charge is 0.496 e. The zero-order chi connectivity index (χ0) is 11.5. The smallest absolute Gasteiger partial charge is 0.129 e. The van der Waals surface area contributed by atoms with Crippen molar-refractivity contribution in [2.45, 2.75) is 6.04 Å². The van der Waals surface area contributed by atoms with Crippen LogP contribution in [0.25, 0.3) is 0 Å². The molecule has 2 N–H and O–H groups in total. The lowest BCUT2D eigenvalue weighted by atomic mass is 10.1. The van der Waals surface area contributed by atoms with Gasteiger partial charge in [-0.2, -0.15) is 0 Å². The molecule has 0 aliphatic carbocycles. The van der Waals surface area contributed by atoms with Crippen molar-refractivity contribution in [1.29, 1.82) is 0 Å². The van der Waals surface area contributed by atoms with E-state index >= 15 is 0 Å². The van der Waals surface area contributed by atoms with Crippen molar-refractivity contribution in [3.63, 3.8) is 0 Å². The van der Waals surface area contributed by atoms with Gasteiger partial charge in [-0.1, -0.05) is 23.7 Å². The third-order valence-electron chi connectivity index (χ3n) is 2.35. The molecule has 4 heteroatoms. The molecular weight excluding hydrogens is 242 g/mol. The van der Waals surface area contributed by atoms with Crippen molar-refractivity contribution < 1.29 is 4.74 Å². The van der Waals surface area contributed by atoms with Crippen molar-refractivity contribution in [3.05, 3.63) is 51.2 Å². The minimum absolute atomic E-state index is 0.146. The van der Waals surface area contributed by atoms with Gasteiger partial charge >= 0.3 is 0 Å². The molecule has 0 radical (unpaired) electrons. The van der Waals surface area contributed by atoms with E-state index in [1.807, 2.05) is 35.7 Å². The summed E-state index contributed by atoms with van der Waals surface area (Å²) in [5.41, 5.74) is 7.16. The number of rotatable bonds is 3. The highest BCUT2D eigenvalue weighted by Crippen LogP contribution is 2.30. The molecule has 2 nitrogen and oxygen atoms in total. The van der Waals surface area contributed by atoms with Crippen LogP contribution in [0.2, 0.25) is 5.02 Å². The van der Waals surface area contributed by atoms with Gasteiger partial charge in [-0.3, -0.25) is 0 Å². The lowest BCUT2D eigenvalue weighted by Crippen LogP contribution is -2.09. The van der Waals surface area contributed by atoms with Crippen LogP contribution in [-0.2, 0) is 0 Å². The Morgan fingerprint density at radius 2 is 2.19 bits per heavy atom. The number of hydrogen-bond donors (Lipinski definition) is 1. The second kappa shape index (κ2) is 4.87. The summed E-state index contributed by atoms with van der Waals surface area (Å²) >= 11 is 7.52. The average Bonchev–Trinajstić information content (AvgIpc) is 2.76. The minimum atomic E-state index is -0.146. The van der Waals surface area contributed by atoms with Crippen molar-refractivity contribution in [2.75, 3.05) is 7.11 Å². The van der Waals surface area contributed by atoms with Crippen LogP contribution in [0.3, 0.4) is 0 Å². The number of ether oxygens (including phenoxy) is 1. The van der Waals surface area contributed by atoms with Gasteiger partial charge in [-0.05, 0) is 23.8 Å². The van der Waals surface area contributed by atoms with E-state index in [0.717, 1.165) is 16.2 Å². The van der Waals surface area contributed by atoms with Crippen molar-refractivity contribution in [3.8, 4) is 5.75 Å². The van der Waals surface area contributed by atoms with Gasteiger partial charge in [0.1, 0.15) is 5.75 Å². The Morgan fingerprint density at radius 3 is 2.81 bits per heavy atom. The molecule has 1 heterocycles. The Hall–Kier alpha value is -1.03. The Kier molecular flexibility index (Phi) is 3.49. The first-order chi connectivity index (χ1) is 7.70. The molecule has 0 spiro atoms. The second-order valence-corrected chi connectivity index (χ2v) is 4.80. The van der Waals surface area contributed by atoms with Gasteiger partial charge < -0.3 is 10.5 Å². The fourth-order valence-electron chi connectivity index (χ4n) is 1.47. The maximum absolute atomic E-state index is 6.15. The van der Waals surface area contributed by atoms with Gasteiger partial charge in [0.05, 0.1) is 13.2 Å². The van der Waals surface area contributed by atoms with Gasteiger partial charge in [-0.15, -0.1) is 11.3 Å². The molecule has 0 aliphatic heterocycles. The zero-order valence-corrected chi connectivity index (χ0v) is 10.4. The quantitative estimate of drug-likeness (QED) is 0.909. The first-order valence-electron chi connectivity index (χ1n) is 4.84. The highest BCUT2D eigenvalue weighted by molar-refractivity contribution is 7.10. The van der Waals surface area contributed by atoms with Crippen LogP contribution in [0.4, 0.5) is 0 Å². The number of benzene rings is 1. The number of nitrogens with two attached hydrogens (primary N) is 1. The molecule has 0 amide bonds. The predicted molar refractivity (Wildman–Crippen MR) is 68.4 cm³/mol. The molecule has 1 aromatic heterocycles. The predicted octanol–water partition coefficient (Wildman–Crippen LogP) is 3.46. The van der Waals surface area contributed by atoms with E-state index in [4.69, 9.17) is 22.1 Å². The Bertz CT molecular complexity index is 483. The van der Waals surface area contributed by atoms with Crippen molar-refractivity contribution >= 4 is 22.9 Å². The third kappa shape index (κ3) is 2.38. The maximum atomic E-state index is 6.15. The molecule has 0 saturated carbocycles. The van der Waals surface area contributed by atoms with Gasteiger partial charge in [0.2, 0.25) is 0 Å². The highest BCUT2D eigenvalue weighted by Gasteiger charge is 2.11. The summed E-state index contributed by atoms with van der Waals surface area (Å²) in [6.07, 6.45) is 0. The van der Waals surface area contributed by atoms with Crippen LogP contribution in [0.1, 0.15) is 16.5 Å². The number of hydrogen-bond acceptors (Lipinski definition) is 3. The molecule has 1 atom stereocenters. The Labute approximate surface area is 104 Å². The molecule has 0 bridgehead atoms. The fourth-order valence-corrected chi connectivity index (χ4v) is 2.55. The van der Waals surface area contributed by atoms with Crippen molar-refractivity contribution in [1.82, 2.24) is 0 Å². The normalized spacial score (nSPS) is 12.4. The van der Waals surface area contributed by atoms with E-state index in [-0.39, 0.29) is 6.04 Å².